The third kappa shape index (κ3) is 4.62. The van der Waals surface area contributed by atoms with E-state index in [-0.39, 0.29) is 5.91 Å². The maximum absolute atomic E-state index is 12.6. The van der Waals surface area contributed by atoms with Gasteiger partial charge < -0.3 is 19.3 Å². The van der Waals surface area contributed by atoms with E-state index in [1.165, 1.54) is 0 Å². The van der Waals surface area contributed by atoms with Gasteiger partial charge in [-0.15, -0.1) is 0 Å². The Hall–Kier alpha value is -2.61. The Labute approximate surface area is 173 Å². The molecule has 1 aliphatic heterocycles. The van der Waals surface area contributed by atoms with Crippen LogP contribution in [-0.2, 0) is 4.79 Å². The molecule has 0 aliphatic carbocycles. The molecule has 1 aliphatic rings. The van der Waals surface area contributed by atoms with Crippen LogP contribution in [0.4, 0.5) is 5.82 Å². The smallest absolute Gasteiger partial charge is 0.246 e. The Kier molecular flexibility index (Phi) is 6.51. The lowest BCUT2D eigenvalue weighted by molar-refractivity contribution is -0.126. The van der Waals surface area contributed by atoms with Crippen molar-refractivity contribution in [1.82, 2.24) is 14.9 Å². The Bertz CT molecular complexity index is 880. The second-order valence-corrected chi connectivity index (χ2v) is 7.26. The summed E-state index contributed by atoms with van der Waals surface area (Å²) in [5.74, 6) is 2.13. The van der Waals surface area contributed by atoms with Gasteiger partial charge in [-0.05, 0) is 46.6 Å². The number of piperazine rings is 1. The van der Waals surface area contributed by atoms with Crippen LogP contribution >= 0.6 is 15.9 Å². The van der Waals surface area contributed by atoms with Gasteiger partial charge in [0.25, 0.3) is 0 Å². The number of aromatic nitrogens is 2. The van der Waals surface area contributed by atoms with Gasteiger partial charge in [0.05, 0.1) is 18.7 Å². The van der Waals surface area contributed by atoms with Crippen molar-refractivity contribution in [2.75, 3.05) is 45.3 Å². The highest BCUT2D eigenvalue weighted by molar-refractivity contribution is 9.10. The molecule has 0 spiro atoms. The number of hydrogen-bond donors (Lipinski definition) is 0. The van der Waals surface area contributed by atoms with Crippen molar-refractivity contribution in [2.24, 2.45) is 0 Å². The summed E-state index contributed by atoms with van der Waals surface area (Å²) in [5.41, 5.74) is 1.79. The molecule has 0 saturated carbocycles. The number of nitrogens with zero attached hydrogens (tertiary/aromatic N) is 4. The summed E-state index contributed by atoms with van der Waals surface area (Å²) in [5, 5.41) is 0. The molecule has 0 atom stereocenters. The molecule has 3 rings (SSSR count). The summed E-state index contributed by atoms with van der Waals surface area (Å²) >= 11 is 3.47. The van der Waals surface area contributed by atoms with E-state index >= 15 is 0 Å². The molecule has 8 heteroatoms. The van der Waals surface area contributed by atoms with Crippen molar-refractivity contribution >= 4 is 33.7 Å². The molecule has 0 N–H and O–H groups in total. The predicted molar refractivity (Wildman–Crippen MR) is 112 cm³/mol. The first-order valence-corrected chi connectivity index (χ1v) is 9.73. The first-order chi connectivity index (χ1) is 13.5. The molecular formula is C20H23BrN4O3. The Balaban J connectivity index is 1.62. The van der Waals surface area contributed by atoms with Crippen LogP contribution in [0.5, 0.6) is 11.5 Å². The number of methoxy groups -OCH3 is 2. The van der Waals surface area contributed by atoms with Gasteiger partial charge in [-0.3, -0.25) is 4.79 Å². The molecule has 1 aromatic carbocycles. The maximum atomic E-state index is 12.6. The highest BCUT2D eigenvalue weighted by Crippen LogP contribution is 2.36. The fraction of sp³-hybridized carbons (Fsp3) is 0.350. The van der Waals surface area contributed by atoms with Crippen LogP contribution in [0.1, 0.15) is 11.3 Å². The van der Waals surface area contributed by atoms with E-state index in [1.54, 1.807) is 32.7 Å². The summed E-state index contributed by atoms with van der Waals surface area (Å²) in [4.78, 5) is 25.0. The Morgan fingerprint density at radius 2 is 1.86 bits per heavy atom. The summed E-state index contributed by atoms with van der Waals surface area (Å²) in [6.07, 6.45) is 4.96. The van der Waals surface area contributed by atoms with Crippen LogP contribution in [0.15, 0.2) is 35.1 Å². The van der Waals surface area contributed by atoms with Crippen LogP contribution in [0.2, 0.25) is 0 Å². The van der Waals surface area contributed by atoms with E-state index in [0.29, 0.717) is 24.6 Å². The van der Waals surface area contributed by atoms with E-state index in [2.05, 4.69) is 30.8 Å². The highest BCUT2D eigenvalue weighted by Gasteiger charge is 2.20. The van der Waals surface area contributed by atoms with Gasteiger partial charge in [0.2, 0.25) is 5.91 Å². The molecule has 0 bridgehead atoms. The number of rotatable bonds is 5. The van der Waals surface area contributed by atoms with E-state index in [9.17, 15) is 4.79 Å². The number of carbonyl (C=O) groups is 1. The molecule has 0 radical (unpaired) electrons. The minimum absolute atomic E-state index is 0.00979. The first kappa shape index (κ1) is 20.1. The fourth-order valence-corrected chi connectivity index (χ4v) is 3.70. The molecule has 0 unspecified atom stereocenters. The van der Waals surface area contributed by atoms with Gasteiger partial charge >= 0.3 is 0 Å². The number of anilines is 1. The number of benzene rings is 1. The lowest BCUT2D eigenvalue weighted by Gasteiger charge is -2.34. The summed E-state index contributed by atoms with van der Waals surface area (Å²) in [7, 11) is 3.17. The normalized spacial score (nSPS) is 14.4. The van der Waals surface area contributed by atoms with Gasteiger partial charge in [0, 0.05) is 44.0 Å². The molecule has 148 valence electrons. The SMILES string of the molecule is COc1cc(/C=C/C(=O)N2CCN(c3cc(C)ncn3)CC2)cc(Br)c1OC. The van der Waals surface area contributed by atoms with Crippen LogP contribution in [-0.4, -0.2) is 61.2 Å². The zero-order valence-electron chi connectivity index (χ0n) is 16.2. The average Bonchev–Trinajstić information content (AvgIpc) is 2.71. The topological polar surface area (TPSA) is 67.8 Å². The Morgan fingerprint density at radius 1 is 1.11 bits per heavy atom. The van der Waals surface area contributed by atoms with Crippen molar-refractivity contribution in [1.29, 1.82) is 0 Å². The quantitative estimate of drug-likeness (QED) is 0.657. The van der Waals surface area contributed by atoms with Crippen molar-refractivity contribution in [3.05, 3.63) is 46.3 Å². The second kappa shape index (κ2) is 9.05. The van der Waals surface area contributed by atoms with Gasteiger partial charge in [0.15, 0.2) is 11.5 Å². The van der Waals surface area contributed by atoms with E-state index in [4.69, 9.17) is 9.47 Å². The molecule has 7 nitrogen and oxygen atoms in total. The number of halogens is 1. The van der Waals surface area contributed by atoms with Crippen LogP contribution < -0.4 is 14.4 Å². The van der Waals surface area contributed by atoms with E-state index in [1.807, 2.05) is 30.0 Å². The van der Waals surface area contributed by atoms with Crippen molar-refractivity contribution in [3.8, 4) is 11.5 Å². The van der Waals surface area contributed by atoms with Gasteiger partial charge in [-0.2, -0.15) is 0 Å². The number of carbonyl (C=O) groups excluding carboxylic acids is 1. The van der Waals surface area contributed by atoms with Crippen LogP contribution in [0.3, 0.4) is 0 Å². The van der Waals surface area contributed by atoms with Gasteiger partial charge in [-0.1, -0.05) is 0 Å². The van der Waals surface area contributed by atoms with E-state index in [0.717, 1.165) is 34.6 Å². The number of amides is 1. The zero-order valence-corrected chi connectivity index (χ0v) is 17.8. The molecule has 1 saturated heterocycles. The maximum Gasteiger partial charge on any atom is 0.246 e. The summed E-state index contributed by atoms with van der Waals surface area (Å²) in [6.45, 7) is 4.75. The number of ether oxygens (including phenoxy) is 2. The molecule has 28 heavy (non-hydrogen) atoms. The number of aryl methyl sites for hydroxylation is 1. The molecule has 2 aromatic rings. The molecule has 1 amide bonds. The average molecular weight is 447 g/mol. The summed E-state index contributed by atoms with van der Waals surface area (Å²) in [6, 6.07) is 5.69. The van der Waals surface area contributed by atoms with Crippen LogP contribution in [0.25, 0.3) is 6.08 Å². The minimum atomic E-state index is -0.00979. The predicted octanol–water partition coefficient (Wildman–Crippen LogP) is 2.93. The molecular weight excluding hydrogens is 424 g/mol. The standard InChI is InChI=1S/C20H23BrN4O3/c1-14-10-18(23-13-22-14)24-6-8-25(9-7-24)19(26)5-4-15-11-16(21)20(28-3)17(12-15)27-2/h4-5,10-13H,6-9H2,1-3H3/b5-4+. The monoisotopic (exact) mass is 446 g/mol. The van der Waals surface area contributed by atoms with Crippen molar-refractivity contribution in [2.45, 2.75) is 6.92 Å². The molecule has 1 fully saturated rings. The summed E-state index contributed by atoms with van der Waals surface area (Å²) < 4.78 is 11.4. The van der Waals surface area contributed by atoms with Crippen molar-refractivity contribution < 1.29 is 14.3 Å². The third-order valence-corrected chi connectivity index (χ3v) is 5.17. The van der Waals surface area contributed by atoms with Crippen LogP contribution in [0, 0.1) is 6.92 Å². The first-order valence-electron chi connectivity index (χ1n) is 8.94. The second-order valence-electron chi connectivity index (χ2n) is 6.40. The van der Waals surface area contributed by atoms with Crippen molar-refractivity contribution in [3.63, 3.8) is 0 Å². The van der Waals surface area contributed by atoms with Gasteiger partial charge in [-0.25, -0.2) is 9.97 Å². The van der Waals surface area contributed by atoms with E-state index < -0.39 is 0 Å². The minimum Gasteiger partial charge on any atom is -0.493 e. The zero-order chi connectivity index (χ0) is 20.1. The van der Waals surface area contributed by atoms with Gasteiger partial charge in [0.1, 0.15) is 12.1 Å². The lowest BCUT2D eigenvalue weighted by Crippen LogP contribution is -2.48. The lowest BCUT2D eigenvalue weighted by atomic mass is 10.2. The molecule has 2 heterocycles. The third-order valence-electron chi connectivity index (χ3n) is 4.58. The largest absolute Gasteiger partial charge is 0.493 e. The fourth-order valence-electron chi connectivity index (χ4n) is 3.08. The number of hydrogen-bond acceptors (Lipinski definition) is 6. The molecule has 1 aromatic heterocycles. The highest BCUT2D eigenvalue weighted by atomic mass is 79.9. The Morgan fingerprint density at radius 3 is 2.50 bits per heavy atom.